The Hall–Kier alpha value is -1.77. The number of aliphatic carboxylic acids is 1. The summed E-state index contributed by atoms with van der Waals surface area (Å²) in [4.78, 5) is 11.3. The molecule has 96 valence electrons. The van der Waals surface area contributed by atoms with Crippen LogP contribution < -0.4 is 0 Å². The number of rotatable bonds is 3. The minimum Gasteiger partial charge on any atom is -0.481 e. The smallest absolute Gasteiger partial charge is 0.311 e. The minimum absolute atomic E-state index is 0.0877. The van der Waals surface area contributed by atoms with E-state index >= 15 is 0 Å². The van der Waals surface area contributed by atoms with Gasteiger partial charge in [0.2, 0.25) is 0 Å². The first kappa shape index (κ1) is 12.7. The number of hydrogen-bond acceptors (Lipinski definition) is 1. The number of carbonyl (C=O) groups is 1. The Kier molecular flexibility index (Phi) is 3.16. The number of nitrogens with zero attached hydrogens (tertiary/aromatic N) is 1. The lowest BCUT2D eigenvalue weighted by Gasteiger charge is -2.16. The van der Waals surface area contributed by atoms with Crippen LogP contribution in [0.4, 0.5) is 0 Å². The minimum atomic E-state index is -0.753. The number of hydrogen-bond donors (Lipinski definition) is 1. The molecular formula is C15H19NO2. The predicted molar refractivity (Wildman–Crippen MR) is 72.9 cm³/mol. The van der Waals surface area contributed by atoms with Gasteiger partial charge in [-0.3, -0.25) is 4.79 Å². The van der Waals surface area contributed by atoms with Gasteiger partial charge in [-0.05, 0) is 36.6 Å². The first-order valence-electron chi connectivity index (χ1n) is 6.20. The normalized spacial score (nSPS) is 13.2. The molecule has 0 fully saturated rings. The molecule has 0 saturated heterocycles. The van der Waals surface area contributed by atoms with E-state index in [-0.39, 0.29) is 5.92 Å². The van der Waals surface area contributed by atoms with E-state index in [0.717, 1.165) is 16.5 Å². The summed E-state index contributed by atoms with van der Waals surface area (Å²) in [6, 6.07) is 8.04. The fourth-order valence-corrected chi connectivity index (χ4v) is 2.51. The standard InChI is InChI=1S/C15H19NO2/c1-9(2)14(15(17)18)11-5-6-13-12(8-11)7-10(3)16(13)4/h5-9,14H,1-4H3,(H,17,18). The monoisotopic (exact) mass is 245 g/mol. The van der Waals surface area contributed by atoms with E-state index in [0.29, 0.717) is 0 Å². The molecule has 0 aliphatic heterocycles. The van der Waals surface area contributed by atoms with Gasteiger partial charge >= 0.3 is 5.97 Å². The predicted octanol–water partition coefficient (Wildman–Crippen LogP) is 3.31. The first-order chi connectivity index (χ1) is 8.41. The lowest BCUT2D eigenvalue weighted by atomic mass is 9.88. The van der Waals surface area contributed by atoms with Gasteiger partial charge in [0.25, 0.3) is 0 Å². The number of carboxylic acid groups (broad SMARTS) is 1. The van der Waals surface area contributed by atoms with Crippen molar-refractivity contribution >= 4 is 16.9 Å². The average Bonchev–Trinajstić information content (AvgIpc) is 2.53. The molecule has 0 aliphatic carbocycles. The van der Waals surface area contributed by atoms with Gasteiger partial charge in [0, 0.05) is 23.6 Å². The number of fused-ring (bicyclic) bond motifs is 1. The summed E-state index contributed by atoms with van der Waals surface area (Å²) in [5.41, 5.74) is 3.21. The lowest BCUT2D eigenvalue weighted by molar-refractivity contribution is -0.139. The molecule has 3 heteroatoms. The average molecular weight is 245 g/mol. The number of benzene rings is 1. The molecule has 1 N–H and O–H groups in total. The third-order valence-corrected chi connectivity index (χ3v) is 3.60. The molecule has 0 spiro atoms. The Morgan fingerprint density at radius 2 is 1.94 bits per heavy atom. The van der Waals surface area contributed by atoms with E-state index in [1.54, 1.807) is 0 Å². The fourth-order valence-electron chi connectivity index (χ4n) is 2.51. The van der Waals surface area contributed by atoms with Crippen molar-refractivity contribution in [1.82, 2.24) is 4.57 Å². The van der Waals surface area contributed by atoms with Crippen molar-refractivity contribution < 1.29 is 9.90 Å². The van der Waals surface area contributed by atoms with Crippen molar-refractivity contribution in [2.24, 2.45) is 13.0 Å². The SMILES string of the molecule is Cc1cc2cc(C(C(=O)O)C(C)C)ccc2n1C. The zero-order chi connectivity index (χ0) is 13.4. The Labute approximate surface area is 107 Å². The van der Waals surface area contributed by atoms with E-state index in [2.05, 4.69) is 17.6 Å². The molecule has 0 saturated carbocycles. The van der Waals surface area contributed by atoms with Gasteiger partial charge in [0.05, 0.1) is 5.92 Å². The van der Waals surface area contributed by atoms with Crippen molar-refractivity contribution in [2.45, 2.75) is 26.7 Å². The van der Waals surface area contributed by atoms with Crippen molar-refractivity contribution in [1.29, 1.82) is 0 Å². The molecule has 1 unspecified atom stereocenters. The maximum absolute atomic E-state index is 11.3. The second kappa shape index (κ2) is 4.48. The summed E-state index contributed by atoms with van der Waals surface area (Å²) >= 11 is 0. The summed E-state index contributed by atoms with van der Waals surface area (Å²) in [7, 11) is 2.02. The maximum atomic E-state index is 11.3. The van der Waals surface area contributed by atoms with Gasteiger partial charge in [0.15, 0.2) is 0 Å². The van der Waals surface area contributed by atoms with Crippen molar-refractivity contribution in [3.8, 4) is 0 Å². The third-order valence-electron chi connectivity index (χ3n) is 3.60. The molecule has 2 rings (SSSR count). The Bertz CT molecular complexity index is 596. The van der Waals surface area contributed by atoms with Crippen LogP contribution in [0.5, 0.6) is 0 Å². The van der Waals surface area contributed by atoms with Crippen LogP contribution in [0.3, 0.4) is 0 Å². The zero-order valence-electron chi connectivity index (χ0n) is 11.3. The van der Waals surface area contributed by atoms with Gasteiger partial charge in [-0.25, -0.2) is 0 Å². The van der Waals surface area contributed by atoms with E-state index < -0.39 is 11.9 Å². The number of carboxylic acids is 1. The second-order valence-corrected chi connectivity index (χ2v) is 5.22. The number of aryl methyl sites for hydroxylation is 2. The van der Waals surface area contributed by atoms with Crippen LogP contribution in [0, 0.1) is 12.8 Å². The molecule has 1 aromatic heterocycles. The van der Waals surface area contributed by atoms with Crippen LogP contribution in [0.15, 0.2) is 24.3 Å². The van der Waals surface area contributed by atoms with Gasteiger partial charge in [0.1, 0.15) is 0 Å². The number of aromatic nitrogens is 1. The van der Waals surface area contributed by atoms with Crippen molar-refractivity contribution in [3.05, 3.63) is 35.5 Å². The molecule has 0 bridgehead atoms. The summed E-state index contributed by atoms with van der Waals surface area (Å²) in [6.45, 7) is 5.94. The topological polar surface area (TPSA) is 42.2 Å². The van der Waals surface area contributed by atoms with Crippen LogP contribution in [0.1, 0.15) is 31.0 Å². The van der Waals surface area contributed by atoms with E-state index in [1.807, 2.05) is 39.1 Å². The zero-order valence-corrected chi connectivity index (χ0v) is 11.3. The summed E-state index contributed by atoms with van der Waals surface area (Å²) in [5.74, 6) is -1.10. The van der Waals surface area contributed by atoms with E-state index in [1.165, 1.54) is 5.69 Å². The maximum Gasteiger partial charge on any atom is 0.311 e. The molecule has 0 radical (unpaired) electrons. The van der Waals surface area contributed by atoms with Crippen molar-refractivity contribution in [2.75, 3.05) is 0 Å². The molecule has 1 aromatic carbocycles. The van der Waals surface area contributed by atoms with Crippen molar-refractivity contribution in [3.63, 3.8) is 0 Å². The third kappa shape index (κ3) is 2.01. The second-order valence-electron chi connectivity index (χ2n) is 5.22. The Balaban J connectivity index is 2.55. The van der Waals surface area contributed by atoms with Gasteiger partial charge in [-0.15, -0.1) is 0 Å². The highest BCUT2D eigenvalue weighted by molar-refractivity contribution is 5.84. The summed E-state index contributed by atoms with van der Waals surface area (Å²) < 4.78 is 2.12. The van der Waals surface area contributed by atoms with Crippen LogP contribution >= 0.6 is 0 Å². The van der Waals surface area contributed by atoms with Crippen LogP contribution in [0.2, 0.25) is 0 Å². The molecule has 1 atom stereocenters. The molecule has 18 heavy (non-hydrogen) atoms. The van der Waals surface area contributed by atoms with Gasteiger partial charge < -0.3 is 9.67 Å². The molecule has 0 aliphatic rings. The molecular weight excluding hydrogens is 226 g/mol. The van der Waals surface area contributed by atoms with E-state index in [4.69, 9.17) is 0 Å². The fraction of sp³-hybridized carbons (Fsp3) is 0.400. The summed E-state index contributed by atoms with van der Waals surface area (Å²) in [6.07, 6.45) is 0. The lowest BCUT2D eigenvalue weighted by Crippen LogP contribution is -2.17. The quantitative estimate of drug-likeness (QED) is 0.901. The Morgan fingerprint density at radius 3 is 2.50 bits per heavy atom. The first-order valence-corrected chi connectivity index (χ1v) is 6.20. The summed E-state index contributed by atoms with van der Waals surface area (Å²) in [5, 5.41) is 10.4. The van der Waals surface area contributed by atoms with Crippen LogP contribution in [-0.2, 0) is 11.8 Å². The molecule has 1 heterocycles. The highest BCUT2D eigenvalue weighted by Crippen LogP contribution is 2.28. The largest absolute Gasteiger partial charge is 0.481 e. The molecule has 2 aromatic rings. The van der Waals surface area contributed by atoms with Crippen LogP contribution in [0.25, 0.3) is 10.9 Å². The molecule has 3 nitrogen and oxygen atoms in total. The van der Waals surface area contributed by atoms with Crippen LogP contribution in [-0.4, -0.2) is 15.6 Å². The highest BCUT2D eigenvalue weighted by atomic mass is 16.4. The highest BCUT2D eigenvalue weighted by Gasteiger charge is 2.23. The van der Waals surface area contributed by atoms with E-state index in [9.17, 15) is 9.90 Å². The Morgan fingerprint density at radius 1 is 1.28 bits per heavy atom. The van der Waals surface area contributed by atoms with Gasteiger partial charge in [-0.1, -0.05) is 19.9 Å². The van der Waals surface area contributed by atoms with Gasteiger partial charge in [-0.2, -0.15) is 0 Å². The molecule has 0 amide bonds.